The second kappa shape index (κ2) is 10.9. The molecule has 3 unspecified atom stereocenters. The van der Waals surface area contributed by atoms with Gasteiger partial charge in [0.05, 0.1) is 0 Å². The molecule has 0 aliphatic heterocycles. The molecular formula is C17H34. The lowest BCUT2D eigenvalue weighted by molar-refractivity contribution is 0.255. The number of hydrogen-bond donors (Lipinski definition) is 0. The lowest BCUT2D eigenvalue weighted by Crippen LogP contribution is -2.15. The molecule has 0 saturated carbocycles. The van der Waals surface area contributed by atoms with E-state index in [0.717, 1.165) is 17.8 Å². The minimum Gasteiger partial charge on any atom is -0.103 e. The zero-order valence-electron chi connectivity index (χ0n) is 12.7. The third-order valence-corrected chi connectivity index (χ3v) is 4.00. The van der Waals surface area contributed by atoms with Crippen LogP contribution < -0.4 is 0 Å². The van der Waals surface area contributed by atoms with Gasteiger partial charge in [-0.2, -0.15) is 0 Å². The van der Waals surface area contributed by atoms with Crippen LogP contribution in [0.15, 0.2) is 12.7 Å². The van der Waals surface area contributed by atoms with Crippen LogP contribution in [0.2, 0.25) is 0 Å². The highest BCUT2D eigenvalue weighted by Gasteiger charge is 2.18. The van der Waals surface area contributed by atoms with E-state index in [1.54, 1.807) is 0 Å². The molecule has 0 bridgehead atoms. The predicted octanol–water partition coefficient (Wildman–Crippen LogP) is 6.22. The highest BCUT2D eigenvalue weighted by atomic mass is 14.2. The van der Waals surface area contributed by atoms with Gasteiger partial charge in [0, 0.05) is 0 Å². The molecule has 0 heterocycles. The maximum atomic E-state index is 3.82. The van der Waals surface area contributed by atoms with Crippen LogP contribution in [0.4, 0.5) is 0 Å². The van der Waals surface area contributed by atoms with Gasteiger partial charge in [0.15, 0.2) is 0 Å². The number of unbranched alkanes of at least 4 members (excludes halogenated alkanes) is 1. The Balaban J connectivity index is 4.02. The molecule has 0 aliphatic carbocycles. The van der Waals surface area contributed by atoms with Crippen molar-refractivity contribution >= 4 is 0 Å². The molecule has 17 heavy (non-hydrogen) atoms. The first-order valence-corrected chi connectivity index (χ1v) is 7.76. The smallest absolute Gasteiger partial charge is 0.0353 e. The van der Waals surface area contributed by atoms with Gasteiger partial charge in [-0.05, 0) is 43.4 Å². The molecule has 0 aliphatic rings. The Morgan fingerprint density at radius 1 is 1.00 bits per heavy atom. The van der Waals surface area contributed by atoms with Crippen molar-refractivity contribution in [3.63, 3.8) is 0 Å². The van der Waals surface area contributed by atoms with Crippen LogP contribution in [0.3, 0.4) is 0 Å². The van der Waals surface area contributed by atoms with Crippen molar-refractivity contribution in [1.29, 1.82) is 0 Å². The van der Waals surface area contributed by atoms with Gasteiger partial charge >= 0.3 is 0 Å². The van der Waals surface area contributed by atoms with Gasteiger partial charge in [0.25, 0.3) is 0 Å². The lowest BCUT2D eigenvalue weighted by atomic mass is 9.80. The molecule has 0 radical (unpaired) electrons. The quantitative estimate of drug-likeness (QED) is 0.296. The van der Waals surface area contributed by atoms with Crippen molar-refractivity contribution < 1.29 is 0 Å². The zero-order chi connectivity index (χ0) is 13.1. The fraction of sp³-hybridized carbons (Fsp3) is 0.882. The van der Waals surface area contributed by atoms with E-state index in [1.165, 1.54) is 51.4 Å². The number of allylic oxidation sites excluding steroid dienone is 1. The molecule has 0 spiro atoms. The third-order valence-electron chi connectivity index (χ3n) is 4.00. The normalized spacial score (nSPS) is 16.5. The zero-order valence-corrected chi connectivity index (χ0v) is 12.7. The molecule has 0 rings (SSSR count). The fourth-order valence-corrected chi connectivity index (χ4v) is 3.05. The Kier molecular flexibility index (Phi) is 10.7. The topological polar surface area (TPSA) is 0 Å². The first kappa shape index (κ1) is 16.7. The molecule has 0 amide bonds. The second-order valence-corrected chi connectivity index (χ2v) is 5.88. The summed E-state index contributed by atoms with van der Waals surface area (Å²) in [6.07, 6.45) is 12.9. The Hall–Kier alpha value is -0.260. The van der Waals surface area contributed by atoms with Crippen LogP contribution in [0.1, 0.15) is 79.1 Å². The highest BCUT2D eigenvalue weighted by molar-refractivity contribution is 4.72. The van der Waals surface area contributed by atoms with Crippen LogP contribution in [0, 0.1) is 17.8 Å². The van der Waals surface area contributed by atoms with Crippen LogP contribution >= 0.6 is 0 Å². The molecule has 0 saturated heterocycles. The van der Waals surface area contributed by atoms with E-state index in [2.05, 4.69) is 40.3 Å². The first-order chi connectivity index (χ1) is 8.15. The van der Waals surface area contributed by atoms with Gasteiger partial charge in [0.1, 0.15) is 0 Å². The van der Waals surface area contributed by atoms with Crippen molar-refractivity contribution in [1.82, 2.24) is 0 Å². The van der Waals surface area contributed by atoms with E-state index in [-0.39, 0.29) is 0 Å². The van der Waals surface area contributed by atoms with E-state index < -0.39 is 0 Å². The summed E-state index contributed by atoms with van der Waals surface area (Å²) in [7, 11) is 0. The summed E-state index contributed by atoms with van der Waals surface area (Å²) in [6.45, 7) is 13.3. The maximum absolute atomic E-state index is 3.82. The standard InChI is InChI=1S/C17H34/c1-6-9-10-13-17(12-8-3)16(5)14-15(4)11-7-2/h6,15-17H,1,7-14H2,2-5H3. The Labute approximate surface area is 110 Å². The molecule has 0 fully saturated rings. The van der Waals surface area contributed by atoms with Gasteiger partial charge in [-0.25, -0.2) is 0 Å². The van der Waals surface area contributed by atoms with Crippen molar-refractivity contribution in [3.8, 4) is 0 Å². The summed E-state index contributed by atoms with van der Waals surface area (Å²) in [6, 6.07) is 0. The molecule has 102 valence electrons. The predicted molar refractivity (Wildman–Crippen MR) is 80.3 cm³/mol. The van der Waals surface area contributed by atoms with Crippen LogP contribution in [0.25, 0.3) is 0 Å². The third kappa shape index (κ3) is 8.46. The minimum absolute atomic E-state index is 0.904. The summed E-state index contributed by atoms with van der Waals surface area (Å²) < 4.78 is 0. The van der Waals surface area contributed by atoms with Crippen LogP contribution in [-0.4, -0.2) is 0 Å². The summed E-state index contributed by atoms with van der Waals surface area (Å²) in [4.78, 5) is 0. The summed E-state index contributed by atoms with van der Waals surface area (Å²) in [5.74, 6) is 2.76. The van der Waals surface area contributed by atoms with Gasteiger partial charge in [-0.3, -0.25) is 0 Å². The van der Waals surface area contributed by atoms with Gasteiger partial charge in [-0.1, -0.05) is 59.5 Å². The SMILES string of the molecule is C=CCCCC(CCC)C(C)CC(C)CCC. The number of rotatable bonds is 11. The molecule has 0 heteroatoms. The van der Waals surface area contributed by atoms with Crippen molar-refractivity contribution in [3.05, 3.63) is 12.7 Å². The van der Waals surface area contributed by atoms with Crippen molar-refractivity contribution in [2.24, 2.45) is 17.8 Å². The molecule has 0 N–H and O–H groups in total. The lowest BCUT2D eigenvalue weighted by Gasteiger charge is -2.26. The summed E-state index contributed by atoms with van der Waals surface area (Å²) in [5.41, 5.74) is 0. The minimum atomic E-state index is 0.904. The van der Waals surface area contributed by atoms with E-state index in [9.17, 15) is 0 Å². The Bertz CT molecular complexity index is 171. The fourth-order valence-electron chi connectivity index (χ4n) is 3.05. The summed E-state index contributed by atoms with van der Waals surface area (Å²) in [5, 5.41) is 0. The average Bonchev–Trinajstić information content (AvgIpc) is 2.28. The van der Waals surface area contributed by atoms with Gasteiger partial charge in [-0.15, -0.1) is 6.58 Å². The van der Waals surface area contributed by atoms with Crippen molar-refractivity contribution in [2.75, 3.05) is 0 Å². The number of hydrogen-bond acceptors (Lipinski definition) is 0. The second-order valence-electron chi connectivity index (χ2n) is 5.88. The van der Waals surface area contributed by atoms with E-state index in [1.807, 2.05) is 0 Å². The van der Waals surface area contributed by atoms with E-state index in [4.69, 9.17) is 0 Å². The molecular weight excluding hydrogens is 204 g/mol. The van der Waals surface area contributed by atoms with E-state index in [0.29, 0.717) is 0 Å². The largest absolute Gasteiger partial charge is 0.103 e. The van der Waals surface area contributed by atoms with Crippen LogP contribution in [-0.2, 0) is 0 Å². The molecule has 0 aromatic heterocycles. The maximum Gasteiger partial charge on any atom is -0.0353 e. The Morgan fingerprint density at radius 3 is 2.18 bits per heavy atom. The van der Waals surface area contributed by atoms with Crippen LogP contribution in [0.5, 0.6) is 0 Å². The molecule has 3 atom stereocenters. The molecule has 0 nitrogen and oxygen atoms in total. The summed E-state index contributed by atoms with van der Waals surface area (Å²) >= 11 is 0. The first-order valence-electron chi connectivity index (χ1n) is 7.76. The monoisotopic (exact) mass is 238 g/mol. The highest BCUT2D eigenvalue weighted by Crippen LogP contribution is 2.29. The van der Waals surface area contributed by atoms with Crippen molar-refractivity contribution in [2.45, 2.75) is 79.1 Å². The van der Waals surface area contributed by atoms with Gasteiger partial charge < -0.3 is 0 Å². The average molecular weight is 238 g/mol. The van der Waals surface area contributed by atoms with Gasteiger partial charge in [0.2, 0.25) is 0 Å². The Morgan fingerprint density at radius 2 is 1.65 bits per heavy atom. The molecule has 0 aromatic rings. The van der Waals surface area contributed by atoms with E-state index >= 15 is 0 Å². The molecule has 0 aromatic carbocycles.